The second-order valence-electron chi connectivity index (χ2n) is 7.85. The first-order chi connectivity index (χ1) is 12.8. The first-order valence-electron chi connectivity index (χ1n) is 9.87. The number of sulfonamides is 1. The number of rotatable bonds is 8. The summed E-state index contributed by atoms with van der Waals surface area (Å²) in [7, 11) is -3.56. The molecule has 1 aromatic carbocycles. The van der Waals surface area contributed by atoms with Gasteiger partial charge in [0.15, 0.2) is 0 Å². The van der Waals surface area contributed by atoms with E-state index in [2.05, 4.69) is 4.72 Å². The average Bonchev–Trinajstić information content (AvgIpc) is 2.87. The summed E-state index contributed by atoms with van der Waals surface area (Å²) in [5, 5.41) is 0. The number of ether oxygens (including phenoxy) is 1. The second-order valence-corrected chi connectivity index (χ2v) is 9.62. The SMILES string of the molecule is CC(C)OCCCNS(=O)(=O)c1ccc2c(c1)CC(C)N2C(=O)C1CCC1. The Balaban J connectivity index is 1.67. The van der Waals surface area contributed by atoms with E-state index in [-0.39, 0.29) is 28.9 Å². The van der Waals surface area contributed by atoms with Crippen molar-refractivity contribution >= 4 is 21.6 Å². The molecule has 0 radical (unpaired) electrons. The molecule has 1 heterocycles. The molecule has 0 spiro atoms. The van der Waals surface area contributed by atoms with Crippen LogP contribution in [0.25, 0.3) is 0 Å². The summed E-state index contributed by atoms with van der Waals surface area (Å²) in [6.45, 7) is 6.80. The summed E-state index contributed by atoms with van der Waals surface area (Å²) in [5.41, 5.74) is 1.80. The van der Waals surface area contributed by atoms with E-state index in [4.69, 9.17) is 4.74 Å². The Morgan fingerprint density at radius 1 is 1.33 bits per heavy atom. The molecule has 3 rings (SSSR count). The van der Waals surface area contributed by atoms with Crippen molar-refractivity contribution < 1.29 is 17.9 Å². The standard InChI is InChI=1S/C20H30N2O4S/c1-14(2)26-11-5-10-21-27(24,25)18-8-9-19-17(13-18)12-15(3)22(19)20(23)16-6-4-7-16/h8-9,13-16,21H,4-7,10-12H2,1-3H3. The highest BCUT2D eigenvalue weighted by molar-refractivity contribution is 7.89. The maximum atomic E-state index is 12.7. The van der Waals surface area contributed by atoms with Gasteiger partial charge in [0, 0.05) is 30.8 Å². The number of carbonyl (C=O) groups is 1. The fraction of sp³-hybridized carbons (Fsp3) is 0.650. The number of amides is 1. The summed E-state index contributed by atoms with van der Waals surface area (Å²) < 4.78 is 33.2. The fourth-order valence-electron chi connectivity index (χ4n) is 3.64. The number of hydrogen-bond acceptors (Lipinski definition) is 4. The van der Waals surface area contributed by atoms with Crippen LogP contribution in [0.2, 0.25) is 0 Å². The molecule has 1 fully saturated rings. The van der Waals surface area contributed by atoms with Crippen LogP contribution < -0.4 is 9.62 Å². The van der Waals surface area contributed by atoms with Crippen molar-refractivity contribution in [3.8, 4) is 0 Å². The predicted molar refractivity (Wildman–Crippen MR) is 105 cm³/mol. The third kappa shape index (κ3) is 4.52. The van der Waals surface area contributed by atoms with Gasteiger partial charge in [-0.15, -0.1) is 0 Å². The molecule has 1 unspecified atom stereocenters. The minimum atomic E-state index is -3.56. The van der Waals surface area contributed by atoms with E-state index in [1.807, 2.05) is 25.7 Å². The molecule has 150 valence electrons. The Labute approximate surface area is 162 Å². The molecule has 6 nitrogen and oxygen atoms in total. The van der Waals surface area contributed by atoms with Crippen LogP contribution in [0.1, 0.15) is 52.0 Å². The highest BCUT2D eigenvalue weighted by Gasteiger charge is 2.37. The molecule has 0 bridgehead atoms. The quantitative estimate of drug-likeness (QED) is 0.688. The molecule has 7 heteroatoms. The lowest BCUT2D eigenvalue weighted by Gasteiger charge is -2.32. The summed E-state index contributed by atoms with van der Waals surface area (Å²) in [6, 6.07) is 5.18. The Morgan fingerprint density at radius 3 is 2.70 bits per heavy atom. The highest BCUT2D eigenvalue weighted by Crippen LogP contribution is 2.38. The summed E-state index contributed by atoms with van der Waals surface area (Å²) in [6.07, 6.45) is 4.52. The lowest BCUT2D eigenvalue weighted by molar-refractivity contribution is -0.125. The number of benzene rings is 1. The number of nitrogens with zero attached hydrogens (tertiary/aromatic N) is 1. The normalized spacial score (nSPS) is 20.0. The van der Waals surface area contributed by atoms with Crippen molar-refractivity contribution in [2.45, 2.75) is 69.9 Å². The second kappa shape index (κ2) is 8.29. The number of carbonyl (C=O) groups excluding carboxylic acids is 1. The summed E-state index contributed by atoms with van der Waals surface area (Å²) in [5.74, 6) is 0.322. The van der Waals surface area contributed by atoms with E-state index in [1.165, 1.54) is 0 Å². The summed E-state index contributed by atoms with van der Waals surface area (Å²) in [4.78, 5) is 14.8. The van der Waals surface area contributed by atoms with Gasteiger partial charge in [0.25, 0.3) is 0 Å². The van der Waals surface area contributed by atoms with E-state index >= 15 is 0 Å². The zero-order chi connectivity index (χ0) is 19.6. The monoisotopic (exact) mass is 394 g/mol. The molecule has 1 aromatic rings. The minimum Gasteiger partial charge on any atom is -0.379 e. The molecule has 1 aliphatic carbocycles. The van der Waals surface area contributed by atoms with Crippen LogP contribution in [0.3, 0.4) is 0 Å². The largest absolute Gasteiger partial charge is 0.379 e. The molecule has 27 heavy (non-hydrogen) atoms. The van der Waals surface area contributed by atoms with Gasteiger partial charge in [0.2, 0.25) is 15.9 Å². The smallest absolute Gasteiger partial charge is 0.240 e. The first kappa shape index (κ1) is 20.3. The van der Waals surface area contributed by atoms with Crippen LogP contribution in [-0.2, 0) is 26.0 Å². The molecular weight excluding hydrogens is 364 g/mol. The predicted octanol–water partition coefficient (Wildman–Crippen LogP) is 2.86. The Kier molecular flexibility index (Phi) is 6.23. The van der Waals surface area contributed by atoms with Gasteiger partial charge in [-0.1, -0.05) is 6.42 Å². The molecule has 1 aliphatic heterocycles. The molecule has 2 aliphatic rings. The minimum absolute atomic E-state index is 0.0761. The zero-order valence-corrected chi connectivity index (χ0v) is 17.2. The van der Waals surface area contributed by atoms with Gasteiger partial charge in [-0.25, -0.2) is 13.1 Å². The van der Waals surface area contributed by atoms with E-state index in [9.17, 15) is 13.2 Å². The van der Waals surface area contributed by atoms with Gasteiger partial charge in [0.05, 0.1) is 11.0 Å². The van der Waals surface area contributed by atoms with Gasteiger partial charge < -0.3 is 9.64 Å². The molecule has 0 aromatic heterocycles. The van der Waals surface area contributed by atoms with Crippen LogP contribution in [-0.4, -0.2) is 39.6 Å². The molecule has 1 amide bonds. The van der Waals surface area contributed by atoms with E-state index in [0.29, 0.717) is 26.0 Å². The van der Waals surface area contributed by atoms with Crippen molar-refractivity contribution in [1.29, 1.82) is 0 Å². The lowest BCUT2D eigenvalue weighted by atomic mass is 9.84. The van der Waals surface area contributed by atoms with Crippen LogP contribution in [0.15, 0.2) is 23.1 Å². The molecular formula is C20H30N2O4S. The maximum absolute atomic E-state index is 12.7. The number of hydrogen-bond donors (Lipinski definition) is 1. The van der Waals surface area contributed by atoms with Gasteiger partial charge >= 0.3 is 0 Å². The third-order valence-electron chi connectivity index (χ3n) is 5.33. The zero-order valence-electron chi connectivity index (χ0n) is 16.4. The first-order valence-corrected chi connectivity index (χ1v) is 11.3. The van der Waals surface area contributed by atoms with Crippen LogP contribution in [0, 0.1) is 5.92 Å². The van der Waals surface area contributed by atoms with Crippen LogP contribution in [0.4, 0.5) is 5.69 Å². The van der Waals surface area contributed by atoms with E-state index in [1.54, 1.807) is 18.2 Å². The third-order valence-corrected chi connectivity index (χ3v) is 6.79. The number of anilines is 1. The Bertz CT molecular complexity index is 787. The number of nitrogens with one attached hydrogen (secondary N) is 1. The molecule has 1 saturated carbocycles. The topological polar surface area (TPSA) is 75.7 Å². The fourth-order valence-corrected chi connectivity index (χ4v) is 4.77. The lowest BCUT2D eigenvalue weighted by Crippen LogP contribution is -2.42. The van der Waals surface area contributed by atoms with Crippen LogP contribution in [0.5, 0.6) is 0 Å². The Hall–Kier alpha value is -1.44. The van der Waals surface area contributed by atoms with Crippen LogP contribution >= 0.6 is 0 Å². The van der Waals surface area contributed by atoms with Crippen molar-refractivity contribution in [3.05, 3.63) is 23.8 Å². The van der Waals surface area contributed by atoms with E-state index < -0.39 is 10.0 Å². The van der Waals surface area contributed by atoms with Gasteiger partial charge in [0.1, 0.15) is 0 Å². The van der Waals surface area contributed by atoms with Gasteiger partial charge in [-0.2, -0.15) is 0 Å². The Morgan fingerprint density at radius 2 is 2.07 bits per heavy atom. The van der Waals surface area contributed by atoms with Gasteiger partial charge in [-0.05, 0) is 70.2 Å². The maximum Gasteiger partial charge on any atom is 0.240 e. The van der Waals surface area contributed by atoms with Crippen molar-refractivity contribution in [2.24, 2.45) is 5.92 Å². The molecule has 0 saturated heterocycles. The summed E-state index contributed by atoms with van der Waals surface area (Å²) >= 11 is 0. The highest BCUT2D eigenvalue weighted by atomic mass is 32.2. The molecule has 1 atom stereocenters. The van der Waals surface area contributed by atoms with E-state index in [0.717, 1.165) is 30.5 Å². The van der Waals surface area contributed by atoms with Crippen molar-refractivity contribution in [2.75, 3.05) is 18.1 Å². The van der Waals surface area contributed by atoms with Crippen molar-refractivity contribution in [3.63, 3.8) is 0 Å². The average molecular weight is 395 g/mol. The van der Waals surface area contributed by atoms with Gasteiger partial charge in [-0.3, -0.25) is 4.79 Å². The van der Waals surface area contributed by atoms with Crippen molar-refractivity contribution in [1.82, 2.24) is 4.72 Å². The number of fused-ring (bicyclic) bond motifs is 1. The molecule has 1 N–H and O–H groups in total.